The van der Waals surface area contributed by atoms with Gasteiger partial charge in [-0.05, 0) is 43.9 Å². The maximum Gasteiger partial charge on any atom is 0.203 e. The van der Waals surface area contributed by atoms with Crippen LogP contribution < -0.4 is 14.2 Å². The molecule has 0 fully saturated rings. The first kappa shape index (κ1) is 21.3. The van der Waals surface area contributed by atoms with Gasteiger partial charge in [0.1, 0.15) is 0 Å². The summed E-state index contributed by atoms with van der Waals surface area (Å²) in [6, 6.07) is 4.00. The standard InChI is InChI=1S/C22H31NO3S/c1-5-6-7-10-13-26-22-19(24-3)14-18(15-20(22)25-4)11-8-9-12-21-17(2)23-16-27-21/h8,11,14-16H,5-7,9-10,12-13H2,1-4H3/b11-8+. The summed E-state index contributed by atoms with van der Waals surface area (Å²) in [5.41, 5.74) is 4.09. The molecule has 27 heavy (non-hydrogen) atoms. The lowest BCUT2D eigenvalue weighted by molar-refractivity contribution is 0.267. The number of rotatable bonds is 12. The van der Waals surface area contributed by atoms with E-state index in [4.69, 9.17) is 14.2 Å². The van der Waals surface area contributed by atoms with Gasteiger partial charge >= 0.3 is 0 Å². The van der Waals surface area contributed by atoms with Crippen LogP contribution in [-0.2, 0) is 6.42 Å². The molecule has 1 heterocycles. The van der Waals surface area contributed by atoms with Crippen molar-refractivity contribution in [2.24, 2.45) is 0 Å². The first-order valence-corrected chi connectivity index (χ1v) is 10.5. The van der Waals surface area contributed by atoms with Gasteiger partial charge in [0.15, 0.2) is 11.5 Å². The van der Waals surface area contributed by atoms with Crippen LogP contribution in [0.4, 0.5) is 0 Å². The van der Waals surface area contributed by atoms with Crippen molar-refractivity contribution in [3.05, 3.63) is 39.9 Å². The van der Waals surface area contributed by atoms with Gasteiger partial charge in [-0.1, -0.05) is 38.3 Å². The highest BCUT2D eigenvalue weighted by Crippen LogP contribution is 2.39. The van der Waals surface area contributed by atoms with Crippen LogP contribution in [0, 0.1) is 6.92 Å². The smallest absolute Gasteiger partial charge is 0.203 e. The molecule has 0 aliphatic rings. The number of aryl methyl sites for hydroxylation is 2. The van der Waals surface area contributed by atoms with E-state index in [-0.39, 0.29) is 0 Å². The van der Waals surface area contributed by atoms with E-state index >= 15 is 0 Å². The summed E-state index contributed by atoms with van der Waals surface area (Å²) in [4.78, 5) is 5.65. The topological polar surface area (TPSA) is 40.6 Å². The molecule has 0 unspecified atom stereocenters. The number of benzene rings is 1. The fourth-order valence-corrected chi connectivity index (χ4v) is 3.64. The minimum Gasteiger partial charge on any atom is -0.493 e. The third-order valence-corrected chi connectivity index (χ3v) is 5.42. The highest BCUT2D eigenvalue weighted by Gasteiger charge is 2.13. The largest absolute Gasteiger partial charge is 0.493 e. The molecule has 0 saturated carbocycles. The van der Waals surface area contributed by atoms with Gasteiger partial charge in [-0.2, -0.15) is 0 Å². The SMILES string of the molecule is CCCCCCOc1c(OC)cc(/C=C/CCc2scnc2C)cc1OC. The van der Waals surface area contributed by atoms with Gasteiger partial charge in [-0.3, -0.25) is 0 Å². The lowest BCUT2D eigenvalue weighted by atomic mass is 10.1. The Labute approximate surface area is 167 Å². The second-order valence-corrected chi connectivity index (χ2v) is 7.40. The van der Waals surface area contributed by atoms with Crippen molar-refractivity contribution in [1.29, 1.82) is 0 Å². The van der Waals surface area contributed by atoms with E-state index in [2.05, 4.69) is 31.0 Å². The fourth-order valence-electron chi connectivity index (χ4n) is 2.84. The number of hydrogen-bond donors (Lipinski definition) is 0. The summed E-state index contributed by atoms with van der Waals surface area (Å²) >= 11 is 1.72. The molecule has 4 nitrogen and oxygen atoms in total. The van der Waals surface area contributed by atoms with Crippen LogP contribution in [0.5, 0.6) is 17.2 Å². The van der Waals surface area contributed by atoms with Crippen molar-refractivity contribution >= 4 is 17.4 Å². The molecule has 1 aromatic heterocycles. The Bertz CT molecular complexity index is 699. The van der Waals surface area contributed by atoms with Crippen molar-refractivity contribution in [2.75, 3.05) is 20.8 Å². The number of nitrogens with zero attached hydrogens (tertiary/aromatic N) is 1. The lowest BCUT2D eigenvalue weighted by Gasteiger charge is -2.15. The lowest BCUT2D eigenvalue weighted by Crippen LogP contribution is -2.02. The zero-order chi connectivity index (χ0) is 19.5. The van der Waals surface area contributed by atoms with Crippen molar-refractivity contribution in [1.82, 2.24) is 4.98 Å². The van der Waals surface area contributed by atoms with Gasteiger partial charge in [-0.25, -0.2) is 4.98 Å². The van der Waals surface area contributed by atoms with E-state index in [1.807, 2.05) is 17.6 Å². The van der Waals surface area contributed by atoms with Crippen LogP contribution in [0.2, 0.25) is 0 Å². The van der Waals surface area contributed by atoms with Crippen molar-refractivity contribution in [2.45, 2.75) is 52.4 Å². The predicted molar refractivity (Wildman–Crippen MR) is 113 cm³/mol. The number of hydrogen-bond acceptors (Lipinski definition) is 5. The van der Waals surface area contributed by atoms with Crippen LogP contribution in [0.1, 0.15) is 55.2 Å². The van der Waals surface area contributed by atoms with Gasteiger partial charge in [0.2, 0.25) is 5.75 Å². The van der Waals surface area contributed by atoms with Gasteiger partial charge in [0.05, 0.1) is 32.0 Å². The van der Waals surface area contributed by atoms with Crippen LogP contribution in [0.15, 0.2) is 23.7 Å². The van der Waals surface area contributed by atoms with E-state index in [1.165, 1.54) is 24.1 Å². The molecule has 0 amide bonds. The first-order valence-electron chi connectivity index (χ1n) is 9.63. The van der Waals surface area contributed by atoms with Gasteiger partial charge < -0.3 is 14.2 Å². The molecule has 0 radical (unpaired) electrons. The third kappa shape index (κ3) is 6.58. The van der Waals surface area contributed by atoms with E-state index in [9.17, 15) is 0 Å². The quantitative estimate of drug-likeness (QED) is 0.413. The minimum atomic E-state index is 0.677. The molecule has 0 bridgehead atoms. The molecule has 1 aromatic carbocycles. The molecule has 2 rings (SSSR count). The molecule has 5 heteroatoms. The number of ether oxygens (including phenoxy) is 3. The first-order chi connectivity index (χ1) is 13.2. The average Bonchev–Trinajstić information content (AvgIpc) is 3.10. The normalized spacial score (nSPS) is 11.1. The van der Waals surface area contributed by atoms with E-state index in [1.54, 1.807) is 25.6 Å². The molecule has 0 N–H and O–H groups in total. The molecule has 0 atom stereocenters. The zero-order valence-corrected chi connectivity index (χ0v) is 17.7. The van der Waals surface area contributed by atoms with Gasteiger partial charge in [0, 0.05) is 4.88 Å². The molecule has 0 aliphatic carbocycles. The maximum absolute atomic E-state index is 5.96. The summed E-state index contributed by atoms with van der Waals surface area (Å²) in [6.07, 6.45) is 11.0. The van der Waals surface area contributed by atoms with E-state index in [0.717, 1.165) is 30.5 Å². The van der Waals surface area contributed by atoms with Crippen LogP contribution in [0.3, 0.4) is 0 Å². The summed E-state index contributed by atoms with van der Waals surface area (Å²) in [7, 11) is 3.33. The van der Waals surface area contributed by atoms with Crippen LogP contribution in [-0.4, -0.2) is 25.8 Å². The van der Waals surface area contributed by atoms with Crippen molar-refractivity contribution in [3.63, 3.8) is 0 Å². The van der Waals surface area contributed by atoms with Crippen molar-refractivity contribution < 1.29 is 14.2 Å². The Hall–Kier alpha value is -2.01. The number of thiazole rings is 1. The molecule has 0 spiro atoms. The Morgan fingerprint density at radius 3 is 2.41 bits per heavy atom. The zero-order valence-electron chi connectivity index (χ0n) is 16.9. The third-order valence-electron chi connectivity index (χ3n) is 4.42. The van der Waals surface area contributed by atoms with Crippen LogP contribution in [0.25, 0.3) is 6.08 Å². The number of unbranched alkanes of at least 4 members (excludes halogenated alkanes) is 3. The molecule has 148 valence electrons. The number of aromatic nitrogens is 1. The van der Waals surface area contributed by atoms with Crippen molar-refractivity contribution in [3.8, 4) is 17.2 Å². The molecular weight excluding hydrogens is 358 g/mol. The Balaban J connectivity index is 2.00. The predicted octanol–water partition coefficient (Wildman–Crippen LogP) is 6.07. The van der Waals surface area contributed by atoms with Gasteiger partial charge in [0.25, 0.3) is 0 Å². The second-order valence-electron chi connectivity index (χ2n) is 6.47. The highest BCUT2D eigenvalue weighted by molar-refractivity contribution is 7.09. The average molecular weight is 390 g/mol. The molecule has 0 aliphatic heterocycles. The summed E-state index contributed by atoms with van der Waals surface area (Å²) in [5.74, 6) is 2.11. The Kier molecular flexibility index (Phi) is 9.19. The van der Waals surface area contributed by atoms with E-state index < -0.39 is 0 Å². The highest BCUT2D eigenvalue weighted by atomic mass is 32.1. The summed E-state index contributed by atoms with van der Waals surface area (Å²) in [6.45, 7) is 4.94. The fraction of sp³-hybridized carbons (Fsp3) is 0.500. The Morgan fingerprint density at radius 1 is 1.07 bits per heavy atom. The summed E-state index contributed by atoms with van der Waals surface area (Å²) in [5, 5.41) is 0. The maximum atomic E-state index is 5.96. The van der Waals surface area contributed by atoms with E-state index in [0.29, 0.717) is 23.9 Å². The van der Waals surface area contributed by atoms with Crippen LogP contribution >= 0.6 is 11.3 Å². The van der Waals surface area contributed by atoms with Gasteiger partial charge in [-0.15, -0.1) is 11.3 Å². The summed E-state index contributed by atoms with van der Waals surface area (Å²) < 4.78 is 17.0. The number of allylic oxidation sites excluding steroid dienone is 1. The molecular formula is C22H31NO3S. The molecule has 2 aromatic rings. The monoisotopic (exact) mass is 389 g/mol. The molecule has 0 saturated heterocycles. The Morgan fingerprint density at radius 2 is 1.81 bits per heavy atom. The second kappa shape index (κ2) is 11.7. The minimum absolute atomic E-state index is 0.677. The number of methoxy groups -OCH3 is 2.